The van der Waals surface area contributed by atoms with E-state index in [-0.39, 0.29) is 11.7 Å². The van der Waals surface area contributed by atoms with Gasteiger partial charge in [0.2, 0.25) is 5.91 Å². The van der Waals surface area contributed by atoms with Crippen molar-refractivity contribution in [1.82, 2.24) is 10.3 Å². The van der Waals surface area contributed by atoms with E-state index in [1.54, 1.807) is 24.4 Å². The van der Waals surface area contributed by atoms with Crippen LogP contribution in [0.1, 0.15) is 16.8 Å². The number of hydrogen-bond acceptors (Lipinski definition) is 3. The number of hydrogen-bond donors (Lipinski definition) is 1. The van der Waals surface area contributed by atoms with Crippen LogP contribution < -0.4 is 10.1 Å². The van der Waals surface area contributed by atoms with Gasteiger partial charge in [0.15, 0.2) is 0 Å². The van der Waals surface area contributed by atoms with E-state index in [9.17, 15) is 9.18 Å². The van der Waals surface area contributed by atoms with Crippen LogP contribution in [0, 0.1) is 5.82 Å². The molecule has 1 aromatic heterocycles. The van der Waals surface area contributed by atoms with Gasteiger partial charge in [-0.05, 0) is 42.0 Å². The first kappa shape index (κ1) is 18.3. The highest BCUT2D eigenvalue weighted by molar-refractivity contribution is 5.91. The summed E-state index contributed by atoms with van der Waals surface area (Å²) in [6, 6.07) is 19.4. The van der Waals surface area contributed by atoms with Crippen molar-refractivity contribution < 1.29 is 13.9 Å². The Morgan fingerprint density at radius 1 is 1.07 bits per heavy atom. The average molecular weight is 362 g/mol. The average Bonchev–Trinajstić information content (AvgIpc) is 2.71. The molecule has 0 radical (unpaired) electrons. The van der Waals surface area contributed by atoms with Gasteiger partial charge < -0.3 is 10.1 Å². The van der Waals surface area contributed by atoms with Gasteiger partial charge in [-0.1, -0.05) is 36.4 Å². The monoisotopic (exact) mass is 362 g/mol. The van der Waals surface area contributed by atoms with Crippen molar-refractivity contribution in [2.75, 3.05) is 0 Å². The van der Waals surface area contributed by atoms with Crippen molar-refractivity contribution in [2.45, 2.75) is 13.2 Å². The van der Waals surface area contributed by atoms with Gasteiger partial charge in [-0.3, -0.25) is 9.78 Å². The minimum atomic E-state index is -0.362. The predicted molar refractivity (Wildman–Crippen MR) is 102 cm³/mol. The first-order valence-electron chi connectivity index (χ1n) is 8.53. The molecule has 0 bridgehead atoms. The predicted octanol–water partition coefficient (Wildman–Crippen LogP) is 4.13. The SMILES string of the molecule is O=C(C=Cc1ccccc1F)NCc1cccc(OCc2ccccn2)c1. The molecule has 0 saturated heterocycles. The Morgan fingerprint density at radius 2 is 1.93 bits per heavy atom. The molecule has 0 spiro atoms. The van der Waals surface area contributed by atoms with Crippen molar-refractivity contribution >= 4 is 12.0 Å². The zero-order valence-electron chi connectivity index (χ0n) is 14.6. The lowest BCUT2D eigenvalue weighted by Gasteiger charge is -2.08. The van der Waals surface area contributed by atoms with E-state index in [4.69, 9.17) is 4.74 Å². The maximum absolute atomic E-state index is 13.5. The first-order valence-corrected chi connectivity index (χ1v) is 8.53. The van der Waals surface area contributed by atoms with Gasteiger partial charge in [0, 0.05) is 24.4 Å². The molecule has 5 heteroatoms. The van der Waals surface area contributed by atoms with Gasteiger partial charge in [-0.2, -0.15) is 0 Å². The van der Waals surface area contributed by atoms with E-state index >= 15 is 0 Å². The second-order valence-electron chi connectivity index (χ2n) is 5.83. The lowest BCUT2D eigenvalue weighted by Crippen LogP contribution is -2.20. The second-order valence-corrected chi connectivity index (χ2v) is 5.83. The molecule has 3 rings (SSSR count). The summed E-state index contributed by atoms with van der Waals surface area (Å²) in [6.07, 6.45) is 4.50. The summed E-state index contributed by atoms with van der Waals surface area (Å²) in [6.45, 7) is 0.725. The third-order valence-electron chi connectivity index (χ3n) is 3.80. The number of pyridine rings is 1. The maximum atomic E-state index is 13.5. The maximum Gasteiger partial charge on any atom is 0.244 e. The fraction of sp³-hybridized carbons (Fsp3) is 0.0909. The molecular weight excluding hydrogens is 343 g/mol. The van der Waals surface area contributed by atoms with E-state index in [2.05, 4.69) is 10.3 Å². The molecule has 0 aliphatic carbocycles. The van der Waals surface area contributed by atoms with Gasteiger partial charge in [0.1, 0.15) is 18.2 Å². The molecule has 0 fully saturated rings. The van der Waals surface area contributed by atoms with Gasteiger partial charge >= 0.3 is 0 Å². The van der Waals surface area contributed by atoms with Crippen LogP contribution in [0.15, 0.2) is 79.0 Å². The number of aromatic nitrogens is 1. The van der Waals surface area contributed by atoms with E-state index < -0.39 is 0 Å². The molecule has 0 unspecified atom stereocenters. The standard InChI is InChI=1S/C22H19FN2O2/c23-21-10-2-1-7-18(21)11-12-22(26)25-15-17-6-5-9-20(14-17)27-16-19-8-3-4-13-24-19/h1-14H,15-16H2,(H,25,26). The molecule has 2 aromatic carbocycles. The molecule has 1 N–H and O–H groups in total. The van der Waals surface area contributed by atoms with Crippen molar-refractivity contribution in [1.29, 1.82) is 0 Å². The van der Waals surface area contributed by atoms with Crippen LogP contribution in [0.2, 0.25) is 0 Å². The highest BCUT2D eigenvalue weighted by Gasteiger charge is 2.02. The fourth-order valence-corrected chi connectivity index (χ4v) is 2.41. The number of carbonyl (C=O) groups excluding carboxylic acids is 1. The Hall–Kier alpha value is -3.47. The molecule has 136 valence electrons. The van der Waals surface area contributed by atoms with Crippen LogP contribution in [0.4, 0.5) is 4.39 Å². The minimum absolute atomic E-state index is 0.293. The molecule has 3 aromatic rings. The Labute approximate surface area is 157 Å². The van der Waals surface area contributed by atoms with Crippen LogP contribution in [0.3, 0.4) is 0 Å². The van der Waals surface area contributed by atoms with Crippen LogP contribution in [-0.2, 0) is 17.9 Å². The largest absolute Gasteiger partial charge is 0.487 e. The summed E-state index contributed by atoms with van der Waals surface area (Å²) in [7, 11) is 0. The number of rotatable bonds is 7. The Bertz CT molecular complexity index is 926. The zero-order chi connectivity index (χ0) is 18.9. The van der Waals surface area contributed by atoms with Crippen LogP contribution in [0.5, 0.6) is 5.75 Å². The van der Waals surface area contributed by atoms with Crippen LogP contribution in [-0.4, -0.2) is 10.9 Å². The van der Waals surface area contributed by atoms with Crippen molar-refractivity contribution in [3.8, 4) is 5.75 Å². The zero-order valence-corrected chi connectivity index (χ0v) is 14.6. The summed E-state index contributed by atoms with van der Waals surface area (Å²) in [4.78, 5) is 16.1. The van der Waals surface area contributed by atoms with Crippen LogP contribution >= 0.6 is 0 Å². The lowest BCUT2D eigenvalue weighted by molar-refractivity contribution is -0.116. The topological polar surface area (TPSA) is 51.2 Å². The highest BCUT2D eigenvalue weighted by atomic mass is 19.1. The smallest absolute Gasteiger partial charge is 0.244 e. The second kappa shape index (κ2) is 9.29. The third kappa shape index (κ3) is 5.78. The summed E-state index contributed by atoms with van der Waals surface area (Å²) >= 11 is 0. The van der Waals surface area contributed by atoms with Gasteiger partial charge in [-0.15, -0.1) is 0 Å². The number of benzene rings is 2. The van der Waals surface area contributed by atoms with Gasteiger partial charge in [0.05, 0.1) is 5.69 Å². The first-order chi connectivity index (χ1) is 13.2. The summed E-state index contributed by atoms with van der Waals surface area (Å²) in [5, 5.41) is 2.77. The number of amides is 1. The highest BCUT2D eigenvalue weighted by Crippen LogP contribution is 2.15. The third-order valence-corrected chi connectivity index (χ3v) is 3.80. The molecule has 0 aliphatic rings. The summed E-state index contributed by atoms with van der Waals surface area (Å²) in [5.41, 5.74) is 2.12. The molecule has 0 saturated carbocycles. The number of carbonyl (C=O) groups is 1. The number of ether oxygens (including phenoxy) is 1. The van der Waals surface area contributed by atoms with Crippen molar-refractivity contribution in [3.63, 3.8) is 0 Å². The molecule has 0 aliphatic heterocycles. The molecule has 1 amide bonds. The van der Waals surface area contributed by atoms with Gasteiger partial charge in [0.25, 0.3) is 0 Å². The summed E-state index contributed by atoms with van der Waals surface area (Å²) in [5.74, 6) is 0.0478. The number of halogens is 1. The molecule has 27 heavy (non-hydrogen) atoms. The number of nitrogens with one attached hydrogen (secondary N) is 1. The molecular formula is C22H19FN2O2. The Kier molecular flexibility index (Phi) is 6.30. The molecule has 0 atom stereocenters. The number of nitrogens with zero attached hydrogens (tertiary/aromatic N) is 1. The lowest BCUT2D eigenvalue weighted by atomic mass is 10.2. The van der Waals surface area contributed by atoms with E-state index in [0.29, 0.717) is 24.5 Å². The van der Waals surface area contributed by atoms with E-state index in [0.717, 1.165) is 11.3 Å². The Balaban J connectivity index is 1.52. The summed E-state index contributed by atoms with van der Waals surface area (Å²) < 4.78 is 19.3. The molecule has 1 heterocycles. The fourth-order valence-electron chi connectivity index (χ4n) is 2.41. The Morgan fingerprint density at radius 3 is 2.74 bits per heavy atom. The quantitative estimate of drug-likeness (QED) is 0.643. The molecule has 4 nitrogen and oxygen atoms in total. The van der Waals surface area contributed by atoms with Crippen molar-refractivity contribution in [3.05, 3.63) is 102 Å². The van der Waals surface area contributed by atoms with Crippen molar-refractivity contribution in [2.24, 2.45) is 0 Å². The normalized spacial score (nSPS) is 10.7. The van der Waals surface area contributed by atoms with Gasteiger partial charge in [-0.25, -0.2) is 4.39 Å². The van der Waals surface area contributed by atoms with E-state index in [1.807, 2.05) is 42.5 Å². The van der Waals surface area contributed by atoms with E-state index in [1.165, 1.54) is 18.2 Å². The minimum Gasteiger partial charge on any atom is -0.487 e. The van der Waals surface area contributed by atoms with Crippen LogP contribution in [0.25, 0.3) is 6.08 Å².